The summed E-state index contributed by atoms with van der Waals surface area (Å²) in [5, 5.41) is 0. The zero-order chi connectivity index (χ0) is 17.0. The molecular weight excluding hydrogens is 318 g/mol. The molecule has 1 rings (SSSR count). The van der Waals surface area contributed by atoms with Gasteiger partial charge in [-0.1, -0.05) is 6.07 Å². The molecule has 0 atom stereocenters. The maximum Gasteiger partial charge on any atom is 0.338 e. The van der Waals surface area contributed by atoms with Gasteiger partial charge in [0.25, 0.3) is 5.92 Å². The van der Waals surface area contributed by atoms with E-state index in [-0.39, 0.29) is 17.1 Å². The maximum absolute atomic E-state index is 13.1. The van der Waals surface area contributed by atoms with Crippen molar-refractivity contribution in [2.75, 3.05) is 19.7 Å². The minimum Gasteiger partial charge on any atom is -0.462 e. The first kappa shape index (κ1) is 18.5. The molecule has 1 aromatic rings. The number of hydrogen-bond acceptors (Lipinski definition) is 5. The van der Waals surface area contributed by atoms with Gasteiger partial charge in [-0.15, -0.1) is 0 Å². The van der Waals surface area contributed by atoms with E-state index in [0.717, 1.165) is 6.07 Å². The lowest BCUT2D eigenvalue weighted by Crippen LogP contribution is -2.41. The van der Waals surface area contributed by atoms with Crippen molar-refractivity contribution in [3.05, 3.63) is 29.3 Å². The molecule has 9 heteroatoms. The summed E-state index contributed by atoms with van der Waals surface area (Å²) in [4.78, 5) is 11.4. The zero-order valence-electron chi connectivity index (χ0n) is 12.2. The summed E-state index contributed by atoms with van der Waals surface area (Å²) in [5.74, 6) is -4.04. The number of nitrogens with two attached hydrogens (primary N) is 1. The predicted octanol–water partition coefficient (Wildman–Crippen LogP) is 1.04. The average Bonchev–Trinajstić information content (AvgIpc) is 2.46. The molecule has 0 aromatic heterocycles. The molecular formula is C13H18F2N2O4S. The number of alkyl halides is 2. The highest BCUT2D eigenvalue weighted by Crippen LogP contribution is 2.19. The summed E-state index contributed by atoms with van der Waals surface area (Å²) in [7, 11) is -4.20. The summed E-state index contributed by atoms with van der Waals surface area (Å²) in [5.41, 5.74) is 5.20. The maximum atomic E-state index is 13.1. The van der Waals surface area contributed by atoms with Crippen molar-refractivity contribution in [2.24, 2.45) is 5.73 Å². The molecule has 6 nitrogen and oxygen atoms in total. The van der Waals surface area contributed by atoms with Crippen LogP contribution in [-0.2, 0) is 14.8 Å². The van der Waals surface area contributed by atoms with E-state index in [1.54, 1.807) is 11.6 Å². The first-order valence-corrected chi connectivity index (χ1v) is 7.96. The summed E-state index contributed by atoms with van der Waals surface area (Å²) in [6, 6.07) is 3.90. The first-order chi connectivity index (χ1) is 10.1. The van der Waals surface area contributed by atoms with Crippen LogP contribution < -0.4 is 10.5 Å². The molecule has 0 aliphatic carbocycles. The Morgan fingerprint density at radius 1 is 1.41 bits per heavy atom. The van der Waals surface area contributed by atoms with Crippen LogP contribution >= 0.6 is 0 Å². The fraction of sp³-hybridized carbons (Fsp3) is 0.462. The molecule has 0 heterocycles. The quantitative estimate of drug-likeness (QED) is 0.725. The van der Waals surface area contributed by atoms with Gasteiger partial charge in [-0.05, 0) is 31.5 Å². The number of hydrogen-bond donors (Lipinski definition) is 2. The largest absolute Gasteiger partial charge is 0.462 e. The molecule has 0 aliphatic heterocycles. The van der Waals surface area contributed by atoms with Crippen molar-refractivity contribution in [2.45, 2.75) is 24.7 Å². The molecule has 1 aromatic carbocycles. The van der Waals surface area contributed by atoms with Crippen molar-refractivity contribution in [3.8, 4) is 0 Å². The highest BCUT2D eigenvalue weighted by atomic mass is 32.2. The Bertz CT molecular complexity index is 647. The van der Waals surface area contributed by atoms with E-state index in [1.807, 2.05) is 0 Å². The van der Waals surface area contributed by atoms with Crippen molar-refractivity contribution in [1.82, 2.24) is 4.72 Å². The number of halogens is 2. The molecule has 0 saturated carbocycles. The molecule has 0 aliphatic rings. The summed E-state index contributed by atoms with van der Waals surface area (Å²) in [6.07, 6.45) is 0. The number of carbonyl (C=O) groups excluding carboxylic acids is 1. The fourth-order valence-electron chi connectivity index (χ4n) is 1.58. The van der Waals surface area contributed by atoms with Gasteiger partial charge in [0.1, 0.15) is 0 Å². The normalized spacial score (nSPS) is 12.2. The van der Waals surface area contributed by atoms with Crippen LogP contribution in [-0.4, -0.2) is 40.0 Å². The van der Waals surface area contributed by atoms with Crippen LogP contribution in [0.2, 0.25) is 0 Å². The lowest BCUT2D eigenvalue weighted by Gasteiger charge is -2.16. The molecule has 22 heavy (non-hydrogen) atoms. The SMILES string of the molecule is CCOC(=O)c1ccc(C)c(S(=O)(=O)NCC(F)(F)CN)c1. The second-order valence-electron chi connectivity index (χ2n) is 4.59. The number of benzene rings is 1. The topological polar surface area (TPSA) is 98.5 Å². The summed E-state index contributed by atoms with van der Waals surface area (Å²) in [6.45, 7) is 1.15. The zero-order valence-corrected chi connectivity index (χ0v) is 13.0. The van der Waals surface area contributed by atoms with Gasteiger partial charge in [0.05, 0.1) is 30.2 Å². The number of aryl methyl sites for hydroxylation is 1. The highest BCUT2D eigenvalue weighted by Gasteiger charge is 2.30. The molecule has 0 bridgehead atoms. The fourth-order valence-corrected chi connectivity index (χ4v) is 2.91. The number of nitrogens with one attached hydrogen (secondary N) is 1. The van der Waals surface area contributed by atoms with Gasteiger partial charge < -0.3 is 10.5 Å². The second-order valence-corrected chi connectivity index (χ2v) is 6.32. The smallest absolute Gasteiger partial charge is 0.338 e. The Labute approximate surface area is 127 Å². The van der Waals surface area contributed by atoms with E-state index >= 15 is 0 Å². The summed E-state index contributed by atoms with van der Waals surface area (Å²) < 4.78 is 57.0. The Hall–Kier alpha value is -1.58. The van der Waals surface area contributed by atoms with E-state index in [9.17, 15) is 22.0 Å². The molecule has 0 spiro atoms. The number of esters is 1. The van der Waals surface area contributed by atoms with Crippen molar-refractivity contribution < 1.29 is 26.7 Å². The Balaban J connectivity index is 3.08. The van der Waals surface area contributed by atoms with Gasteiger partial charge in [0.2, 0.25) is 10.0 Å². The van der Waals surface area contributed by atoms with E-state index in [1.165, 1.54) is 19.1 Å². The van der Waals surface area contributed by atoms with Crippen LogP contribution in [0.1, 0.15) is 22.8 Å². The minimum atomic E-state index is -4.20. The molecule has 124 valence electrons. The number of rotatable bonds is 7. The van der Waals surface area contributed by atoms with Crippen LogP contribution in [0.3, 0.4) is 0 Å². The lowest BCUT2D eigenvalue weighted by molar-refractivity contribution is 0.0170. The second kappa shape index (κ2) is 7.12. The van der Waals surface area contributed by atoms with Crippen LogP contribution in [0.25, 0.3) is 0 Å². The standard InChI is InChI=1S/C13H18F2N2O4S/c1-3-21-12(18)10-5-4-9(2)11(6-10)22(19,20)17-8-13(14,15)7-16/h4-6,17H,3,7-8,16H2,1-2H3. The lowest BCUT2D eigenvalue weighted by atomic mass is 10.1. The molecule has 0 amide bonds. The van der Waals surface area contributed by atoms with Gasteiger partial charge in [-0.25, -0.2) is 26.7 Å². The molecule has 0 radical (unpaired) electrons. The van der Waals surface area contributed by atoms with Gasteiger partial charge in [0, 0.05) is 0 Å². The number of sulfonamides is 1. The minimum absolute atomic E-state index is 0.0263. The first-order valence-electron chi connectivity index (χ1n) is 6.48. The van der Waals surface area contributed by atoms with E-state index in [2.05, 4.69) is 0 Å². The third-order valence-electron chi connectivity index (χ3n) is 2.81. The number of carbonyl (C=O) groups is 1. The molecule has 0 saturated heterocycles. The van der Waals surface area contributed by atoms with Gasteiger partial charge in [-0.3, -0.25) is 0 Å². The van der Waals surface area contributed by atoms with Gasteiger partial charge in [0.15, 0.2) is 0 Å². The monoisotopic (exact) mass is 336 g/mol. The molecule has 0 fully saturated rings. The molecule has 0 unspecified atom stereocenters. The average molecular weight is 336 g/mol. The predicted molar refractivity (Wildman–Crippen MR) is 76.3 cm³/mol. The van der Waals surface area contributed by atoms with E-state index < -0.39 is 35.0 Å². The number of ether oxygens (including phenoxy) is 1. The molecule has 3 N–H and O–H groups in total. The van der Waals surface area contributed by atoms with Crippen LogP contribution in [0, 0.1) is 6.92 Å². The van der Waals surface area contributed by atoms with E-state index in [0.29, 0.717) is 5.56 Å². The highest BCUT2D eigenvalue weighted by molar-refractivity contribution is 7.89. The van der Waals surface area contributed by atoms with Gasteiger partial charge in [-0.2, -0.15) is 0 Å². The van der Waals surface area contributed by atoms with Crippen molar-refractivity contribution in [3.63, 3.8) is 0 Å². The van der Waals surface area contributed by atoms with Crippen molar-refractivity contribution >= 4 is 16.0 Å². The van der Waals surface area contributed by atoms with Gasteiger partial charge >= 0.3 is 5.97 Å². The van der Waals surface area contributed by atoms with Crippen LogP contribution in [0.4, 0.5) is 8.78 Å². The Morgan fingerprint density at radius 2 is 2.05 bits per heavy atom. The summed E-state index contributed by atoms with van der Waals surface area (Å²) >= 11 is 0. The Kier molecular flexibility index (Phi) is 5.98. The Morgan fingerprint density at radius 3 is 2.59 bits per heavy atom. The van der Waals surface area contributed by atoms with Crippen molar-refractivity contribution in [1.29, 1.82) is 0 Å². The third kappa shape index (κ3) is 4.72. The van der Waals surface area contributed by atoms with Crippen LogP contribution in [0.5, 0.6) is 0 Å². The van der Waals surface area contributed by atoms with E-state index in [4.69, 9.17) is 10.5 Å². The van der Waals surface area contributed by atoms with Crippen LogP contribution in [0.15, 0.2) is 23.1 Å². The third-order valence-corrected chi connectivity index (χ3v) is 4.35.